The molecule has 19 heavy (non-hydrogen) atoms. The molecule has 1 heterocycles. The normalized spacial score (nSPS) is 25.1. The molecule has 1 amide bonds. The summed E-state index contributed by atoms with van der Waals surface area (Å²) in [5.41, 5.74) is 1.21. The summed E-state index contributed by atoms with van der Waals surface area (Å²) in [6, 6.07) is 10.4. The molecule has 1 N–H and O–H groups in total. The molecule has 1 aromatic carbocycles. The molecule has 0 spiro atoms. The van der Waals surface area contributed by atoms with Crippen LogP contribution < -0.4 is 5.32 Å². The third-order valence-electron chi connectivity index (χ3n) is 4.10. The standard InChI is InChI=1S/C16H24N2O/c1-11(2)12(3)18-13(4)17-15(16(18)19)10-14-8-6-5-7-9-14/h5-9,11-13,15,17H,10H2,1-4H3. The van der Waals surface area contributed by atoms with Crippen molar-refractivity contribution in [3.05, 3.63) is 35.9 Å². The molecular formula is C16H24N2O. The largest absolute Gasteiger partial charge is 0.323 e. The SMILES string of the molecule is CC(C)C(C)N1C(=O)C(Cc2ccccc2)NC1C. The third kappa shape index (κ3) is 2.98. The van der Waals surface area contributed by atoms with Crippen LogP contribution in [0.25, 0.3) is 0 Å². The average Bonchev–Trinajstić information content (AvgIpc) is 2.65. The third-order valence-corrected chi connectivity index (χ3v) is 4.10. The van der Waals surface area contributed by atoms with Crippen molar-refractivity contribution in [2.45, 2.75) is 52.4 Å². The average molecular weight is 260 g/mol. The first-order chi connectivity index (χ1) is 9.00. The Labute approximate surface area is 116 Å². The smallest absolute Gasteiger partial charge is 0.241 e. The second-order valence-corrected chi connectivity index (χ2v) is 5.82. The Bertz CT molecular complexity index is 430. The van der Waals surface area contributed by atoms with Crippen LogP contribution in [0.3, 0.4) is 0 Å². The summed E-state index contributed by atoms with van der Waals surface area (Å²) in [4.78, 5) is 14.5. The summed E-state index contributed by atoms with van der Waals surface area (Å²) in [5, 5.41) is 3.41. The number of hydrogen-bond acceptors (Lipinski definition) is 2. The van der Waals surface area contributed by atoms with Gasteiger partial charge in [0.05, 0.1) is 12.2 Å². The van der Waals surface area contributed by atoms with Crippen molar-refractivity contribution in [1.82, 2.24) is 10.2 Å². The second kappa shape index (κ2) is 5.74. The van der Waals surface area contributed by atoms with Crippen molar-refractivity contribution in [1.29, 1.82) is 0 Å². The first-order valence-corrected chi connectivity index (χ1v) is 7.13. The zero-order valence-corrected chi connectivity index (χ0v) is 12.3. The minimum atomic E-state index is -0.0846. The summed E-state index contributed by atoms with van der Waals surface area (Å²) in [6.07, 6.45) is 0.893. The molecular weight excluding hydrogens is 236 g/mol. The van der Waals surface area contributed by atoms with E-state index in [1.54, 1.807) is 0 Å². The van der Waals surface area contributed by atoms with Gasteiger partial charge in [0, 0.05) is 6.04 Å². The molecule has 3 atom stereocenters. The first kappa shape index (κ1) is 14.1. The Hall–Kier alpha value is -1.35. The fourth-order valence-electron chi connectivity index (χ4n) is 2.68. The fourth-order valence-corrected chi connectivity index (χ4v) is 2.68. The van der Waals surface area contributed by atoms with Gasteiger partial charge < -0.3 is 4.90 Å². The number of rotatable bonds is 4. The van der Waals surface area contributed by atoms with E-state index in [1.165, 1.54) is 5.56 Å². The lowest BCUT2D eigenvalue weighted by molar-refractivity contribution is -0.132. The van der Waals surface area contributed by atoms with Crippen molar-refractivity contribution in [3.63, 3.8) is 0 Å². The van der Waals surface area contributed by atoms with Crippen LogP contribution in [0.15, 0.2) is 30.3 Å². The molecule has 0 aromatic heterocycles. The second-order valence-electron chi connectivity index (χ2n) is 5.82. The quantitative estimate of drug-likeness (QED) is 0.901. The highest BCUT2D eigenvalue weighted by molar-refractivity contribution is 5.85. The highest BCUT2D eigenvalue weighted by atomic mass is 16.2. The van der Waals surface area contributed by atoms with Gasteiger partial charge in [-0.15, -0.1) is 0 Å². The predicted molar refractivity (Wildman–Crippen MR) is 77.7 cm³/mol. The van der Waals surface area contributed by atoms with Crippen LogP contribution in [-0.4, -0.2) is 29.1 Å². The lowest BCUT2D eigenvalue weighted by Crippen LogP contribution is -2.44. The lowest BCUT2D eigenvalue weighted by atomic mass is 10.0. The maximum Gasteiger partial charge on any atom is 0.241 e. The molecule has 1 aliphatic heterocycles. The molecule has 0 aliphatic carbocycles. The Morgan fingerprint density at radius 2 is 1.84 bits per heavy atom. The molecule has 3 nitrogen and oxygen atoms in total. The molecule has 104 valence electrons. The number of carbonyl (C=O) groups is 1. The lowest BCUT2D eigenvalue weighted by Gasteiger charge is -2.31. The summed E-state index contributed by atoms with van der Waals surface area (Å²) < 4.78 is 0. The Kier molecular flexibility index (Phi) is 4.25. The Balaban J connectivity index is 2.08. The van der Waals surface area contributed by atoms with Gasteiger partial charge in [0.2, 0.25) is 5.91 Å². The zero-order valence-electron chi connectivity index (χ0n) is 12.3. The predicted octanol–water partition coefficient (Wildman–Crippen LogP) is 2.42. The highest BCUT2D eigenvalue weighted by Gasteiger charge is 2.39. The monoisotopic (exact) mass is 260 g/mol. The van der Waals surface area contributed by atoms with Crippen molar-refractivity contribution in [2.75, 3.05) is 0 Å². The minimum Gasteiger partial charge on any atom is -0.323 e. The topological polar surface area (TPSA) is 32.3 Å². The molecule has 1 aliphatic rings. The van der Waals surface area contributed by atoms with E-state index in [1.807, 2.05) is 23.1 Å². The number of carbonyl (C=O) groups excluding carboxylic acids is 1. The highest BCUT2D eigenvalue weighted by Crippen LogP contribution is 2.21. The molecule has 0 bridgehead atoms. The van der Waals surface area contributed by atoms with Gasteiger partial charge in [-0.05, 0) is 31.7 Å². The van der Waals surface area contributed by atoms with E-state index in [4.69, 9.17) is 0 Å². The van der Waals surface area contributed by atoms with Gasteiger partial charge in [-0.3, -0.25) is 10.1 Å². The maximum atomic E-state index is 12.5. The molecule has 1 aromatic rings. The van der Waals surface area contributed by atoms with E-state index < -0.39 is 0 Å². The molecule has 3 unspecified atom stereocenters. The Morgan fingerprint density at radius 3 is 2.42 bits per heavy atom. The van der Waals surface area contributed by atoms with Crippen LogP contribution >= 0.6 is 0 Å². The molecule has 2 rings (SSSR count). The van der Waals surface area contributed by atoms with E-state index in [9.17, 15) is 4.79 Å². The van der Waals surface area contributed by atoms with Gasteiger partial charge in [-0.25, -0.2) is 0 Å². The number of nitrogens with zero attached hydrogens (tertiary/aromatic N) is 1. The van der Waals surface area contributed by atoms with Gasteiger partial charge in [-0.2, -0.15) is 0 Å². The number of nitrogens with one attached hydrogen (secondary N) is 1. The summed E-state index contributed by atoms with van der Waals surface area (Å²) in [6.45, 7) is 8.53. The van der Waals surface area contributed by atoms with Crippen LogP contribution in [0.5, 0.6) is 0 Å². The van der Waals surface area contributed by atoms with E-state index in [0.717, 1.165) is 6.42 Å². The van der Waals surface area contributed by atoms with E-state index >= 15 is 0 Å². The van der Waals surface area contributed by atoms with Crippen molar-refractivity contribution < 1.29 is 4.79 Å². The van der Waals surface area contributed by atoms with Crippen molar-refractivity contribution in [2.24, 2.45) is 5.92 Å². The zero-order chi connectivity index (χ0) is 14.0. The van der Waals surface area contributed by atoms with Crippen LogP contribution in [-0.2, 0) is 11.2 Å². The molecule has 0 radical (unpaired) electrons. The minimum absolute atomic E-state index is 0.0846. The van der Waals surface area contributed by atoms with Crippen LogP contribution in [0.1, 0.15) is 33.3 Å². The summed E-state index contributed by atoms with van der Waals surface area (Å²) in [7, 11) is 0. The number of benzene rings is 1. The molecule has 0 saturated carbocycles. The Morgan fingerprint density at radius 1 is 1.21 bits per heavy atom. The van der Waals surface area contributed by atoms with Crippen LogP contribution in [0.4, 0.5) is 0 Å². The van der Waals surface area contributed by atoms with E-state index in [2.05, 4.69) is 45.1 Å². The first-order valence-electron chi connectivity index (χ1n) is 7.13. The van der Waals surface area contributed by atoms with Gasteiger partial charge in [-0.1, -0.05) is 44.2 Å². The number of amides is 1. The fraction of sp³-hybridized carbons (Fsp3) is 0.562. The van der Waals surface area contributed by atoms with Gasteiger partial charge >= 0.3 is 0 Å². The van der Waals surface area contributed by atoms with E-state index in [-0.39, 0.29) is 24.2 Å². The van der Waals surface area contributed by atoms with Gasteiger partial charge in [0.1, 0.15) is 0 Å². The van der Waals surface area contributed by atoms with Crippen LogP contribution in [0.2, 0.25) is 0 Å². The van der Waals surface area contributed by atoms with Gasteiger partial charge in [0.25, 0.3) is 0 Å². The van der Waals surface area contributed by atoms with E-state index in [0.29, 0.717) is 5.92 Å². The van der Waals surface area contributed by atoms with Gasteiger partial charge in [0.15, 0.2) is 0 Å². The summed E-state index contributed by atoms with van der Waals surface area (Å²) >= 11 is 0. The van der Waals surface area contributed by atoms with Crippen molar-refractivity contribution >= 4 is 5.91 Å². The summed E-state index contributed by atoms with van der Waals surface area (Å²) in [5.74, 6) is 0.709. The maximum absolute atomic E-state index is 12.5. The van der Waals surface area contributed by atoms with Crippen LogP contribution in [0, 0.1) is 5.92 Å². The molecule has 1 fully saturated rings. The molecule has 3 heteroatoms. The van der Waals surface area contributed by atoms with Crippen molar-refractivity contribution in [3.8, 4) is 0 Å². The number of hydrogen-bond donors (Lipinski definition) is 1. The molecule has 1 saturated heterocycles.